The number of nitro benzene ring substituents is 1. The Labute approximate surface area is 188 Å². The van der Waals surface area contributed by atoms with Crippen molar-refractivity contribution in [2.45, 2.75) is 13.2 Å². The summed E-state index contributed by atoms with van der Waals surface area (Å²) >= 11 is 1.46. The van der Waals surface area contributed by atoms with Crippen LogP contribution in [0.25, 0.3) is 10.6 Å². The highest BCUT2D eigenvalue weighted by atomic mass is 32.1. The number of thiazole rings is 1. The number of aromatic nitrogens is 1. The zero-order chi connectivity index (χ0) is 22.3. The zero-order valence-electron chi connectivity index (χ0n) is 16.9. The van der Waals surface area contributed by atoms with Gasteiger partial charge in [0.05, 0.1) is 16.2 Å². The number of hydrogen-bond donors (Lipinski definition) is 1. The third-order valence-electron chi connectivity index (χ3n) is 4.68. The van der Waals surface area contributed by atoms with Gasteiger partial charge in [0.25, 0.3) is 5.69 Å². The van der Waals surface area contributed by atoms with Crippen molar-refractivity contribution in [3.63, 3.8) is 0 Å². The van der Waals surface area contributed by atoms with Crippen LogP contribution in [0.2, 0.25) is 0 Å². The van der Waals surface area contributed by atoms with Gasteiger partial charge in [-0.3, -0.25) is 10.1 Å². The van der Waals surface area contributed by atoms with E-state index in [1.54, 1.807) is 0 Å². The molecule has 1 aromatic heterocycles. The minimum absolute atomic E-state index is 0.0248. The first-order valence-corrected chi connectivity index (χ1v) is 10.7. The molecule has 4 rings (SSSR count). The standard InChI is InChI=1S/C24H19N3O4S/c28-24(31-15-19-16-32-23(26-19)18-9-5-2-6-10-18)21-13-20(27(29)30)11-12-22(21)25-14-17-7-3-1-4-8-17/h1-13,16,25H,14-15H2. The second kappa shape index (κ2) is 9.84. The molecule has 0 fully saturated rings. The van der Waals surface area contributed by atoms with Gasteiger partial charge in [0, 0.05) is 35.3 Å². The molecule has 0 spiro atoms. The van der Waals surface area contributed by atoms with Crippen molar-refractivity contribution >= 4 is 28.7 Å². The second-order valence-corrected chi connectivity index (χ2v) is 7.77. The molecule has 0 aliphatic heterocycles. The SMILES string of the molecule is O=C(OCc1csc(-c2ccccc2)n1)c1cc([N+](=O)[O-])ccc1NCc1ccccc1. The summed E-state index contributed by atoms with van der Waals surface area (Å²) in [5.74, 6) is -0.654. The number of carbonyl (C=O) groups is 1. The van der Waals surface area contributed by atoms with Gasteiger partial charge in [0.2, 0.25) is 0 Å². The summed E-state index contributed by atoms with van der Waals surface area (Å²) in [5.41, 5.74) is 3.01. The van der Waals surface area contributed by atoms with E-state index in [9.17, 15) is 14.9 Å². The van der Waals surface area contributed by atoms with E-state index in [0.717, 1.165) is 16.1 Å². The maximum atomic E-state index is 12.8. The van der Waals surface area contributed by atoms with Gasteiger partial charge in [0.15, 0.2) is 0 Å². The number of nitrogens with zero attached hydrogens (tertiary/aromatic N) is 2. The van der Waals surface area contributed by atoms with Gasteiger partial charge in [-0.15, -0.1) is 11.3 Å². The van der Waals surface area contributed by atoms with E-state index < -0.39 is 10.9 Å². The summed E-state index contributed by atoms with van der Waals surface area (Å²) in [6.45, 7) is 0.439. The Balaban J connectivity index is 1.48. The lowest BCUT2D eigenvalue weighted by molar-refractivity contribution is -0.384. The number of nitro groups is 1. The van der Waals surface area contributed by atoms with Crippen LogP contribution in [0.3, 0.4) is 0 Å². The van der Waals surface area contributed by atoms with Gasteiger partial charge >= 0.3 is 5.97 Å². The summed E-state index contributed by atoms with van der Waals surface area (Å²) in [7, 11) is 0. The number of benzene rings is 3. The number of ether oxygens (including phenoxy) is 1. The molecule has 0 atom stereocenters. The van der Waals surface area contributed by atoms with Gasteiger partial charge in [0.1, 0.15) is 11.6 Å². The van der Waals surface area contributed by atoms with Gasteiger partial charge < -0.3 is 10.1 Å². The smallest absolute Gasteiger partial charge is 0.340 e. The fourth-order valence-electron chi connectivity index (χ4n) is 3.07. The molecular weight excluding hydrogens is 426 g/mol. The molecular formula is C24H19N3O4S. The zero-order valence-corrected chi connectivity index (χ0v) is 17.7. The van der Waals surface area contributed by atoms with Crippen molar-refractivity contribution in [3.8, 4) is 10.6 Å². The molecule has 0 saturated heterocycles. The Morgan fingerprint density at radius 1 is 1.03 bits per heavy atom. The van der Waals surface area contributed by atoms with Crippen LogP contribution in [0.4, 0.5) is 11.4 Å². The highest BCUT2D eigenvalue weighted by Crippen LogP contribution is 2.26. The van der Waals surface area contributed by atoms with Crippen LogP contribution in [-0.4, -0.2) is 15.9 Å². The second-order valence-electron chi connectivity index (χ2n) is 6.91. The van der Waals surface area contributed by atoms with Gasteiger partial charge in [-0.2, -0.15) is 0 Å². The Kier molecular flexibility index (Phi) is 6.52. The largest absolute Gasteiger partial charge is 0.455 e. The van der Waals surface area contributed by atoms with E-state index >= 15 is 0 Å². The lowest BCUT2D eigenvalue weighted by Crippen LogP contribution is -2.11. The average Bonchev–Trinajstić information content (AvgIpc) is 3.31. The molecule has 8 heteroatoms. The van der Waals surface area contributed by atoms with Crippen LogP contribution in [0.1, 0.15) is 21.6 Å². The first kappa shape index (κ1) is 21.2. The minimum Gasteiger partial charge on any atom is -0.455 e. The Morgan fingerprint density at radius 2 is 1.75 bits per heavy atom. The van der Waals surface area contributed by atoms with E-state index in [4.69, 9.17) is 4.74 Å². The minimum atomic E-state index is -0.654. The van der Waals surface area contributed by atoms with Gasteiger partial charge in [-0.1, -0.05) is 60.7 Å². The van der Waals surface area contributed by atoms with Gasteiger partial charge in [-0.05, 0) is 11.6 Å². The van der Waals surface area contributed by atoms with Crippen LogP contribution in [0.5, 0.6) is 0 Å². The van der Waals surface area contributed by atoms with E-state index in [1.807, 2.05) is 66.0 Å². The molecule has 0 bridgehead atoms. The van der Waals surface area contributed by atoms with Crippen molar-refractivity contribution < 1.29 is 14.5 Å². The summed E-state index contributed by atoms with van der Waals surface area (Å²) in [6, 6.07) is 23.5. The Hall–Kier alpha value is -4.04. The first-order chi connectivity index (χ1) is 15.6. The Bertz CT molecular complexity index is 1230. The molecule has 160 valence electrons. The molecule has 4 aromatic rings. The van der Waals surface area contributed by atoms with Crippen LogP contribution < -0.4 is 5.32 Å². The molecule has 32 heavy (non-hydrogen) atoms. The first-order valence-electron chi connectivity index (χ1n) is 9.83. The van der Waals surface area contributed by atoms with Crippen molar-refractivity contribution in [1.29, 1.82) is 0 Å². The fourth-order valence-corrected chi connectivity index (χ4v) is 3.88. The fraction of sp³-hybridized carbons (Fsp3) is 0.0833. The maximum Gasteiger partial charge on any atom is 0.340 e. The average molecular weight is 446 g/mol. The number of esters is 1. The van der Waals surface area contributed by atoms with Crippen molar-refractivity contribution in [1.82, 2.24) is 4.98 Å². The highest BCUT2D eigenvalue weighted by Gasteiger charge is 2.19. The summed E-state index contributed by atoms with van der Waals surface area (Å²) in [5, 5.41) is 17.0. The molecule has 0 radical (unpaired) electrons. The van der Waals surface area contributed by atoms with Crippen LogP contribution in [0, 0.1) is 10.1 Å². The van der Waals surface area contributed by atoms with Crippen LogP contribution >= 0.6 is 11.3 Å². The van der Waals surface area contributed by atoms with Crippen molar-refractivity contribution in [2.75, 3.05) is 5.32 Å². The molecule has 0 unspecified atom stereocenters. The number of non-ortho nitro benzene ring substituents is 1. The lowest BCUT2D eigenvalue weighted by Gasteiger charge is -2.12. The molecule has 1 heterocycles. The predicted molar refractivity (Wildman–Crippen MR) is 124 cm³/mol. The van der Waals surface area contributed by atoms with Crippen molar-refractivity contribution in [2.24, 2.45) is 0 Å². The monoisotopic (exact) mass is 445 g/mol. The van der Waals surface area contributed by atoms with Crippen LogP contribution in [0.15, 0.2) is 84.2 Å². The molecule has 7 nitrogen and oxygen atoms in total. The number of rotatable bonds is 8. The summed E-state index contributed by atoms with van der Waals surface area (Å²) in [6.07, 6.45) is 0. The lowest BCUT2D eigenvalue weighted by atomic mass is 10.1. The number of anilines is 1. The number of carbonyl (C=O) groups excluding carboxylic acids is 1. The molecule has 3 aromatic carbocycles. The van der Waals surface area contributed by atoms with E-state index in [2.05, 4.69) is 10.3 Å². The summed E-state index contributed by atoms with van der Waals surface area (Å²) < 4.78 is 5.43. The predicted octanol–water partition coefficient (Wildman–Crippen LogP) is 5.69. The molecule has 0 amide bonds. The van der Waals surface area contributed by atoms with Crippen LogP contribution in [-0.2, 0) is 17.9 Å². The highest BCUT2D eigenvalue weighted by molar-refractivity contribution is 7.13. The molecule has 0 saturated carbocycles. The quantitative estimate of drug-likeness (QED) is 0.213. The maximum absolute atomic E-state index is 12.8. The van der Waals surface area contributed by atoms with E-state index in [0.29, 0.717) is 17.9 Å². The third-order valence-corrected chi connectivity index (χ3v) is 5.62. The molecule has 0 aliphatic rings. The van der Waals surface area contributed by atoms with E-state index in [-0.39, 0.29) is 17.9 Å². The summed E-state index contributed by atoms with van der Waals surface area (Å²) in [4.78, 5) is 28.0. The molecule has 0 aliphatic carbocycles. The van der Waals surface area contributed by atoms with E-state index in [1.165, 1.54) is 29.5 Å². The third kappa shape index (κ3) is 5.16. The number of hydrogen-bond acceptors (Lipinski definition) is 7. The Morgan fingerprint density at radius 3 is 2.47 bits per heavy atom. The van der Waals surface area contributed by atoms with Crippen molar-refractivity contribution in [3.05, 3.63) is 111 Å². The molecule has 1 N–H and O–H groups in total. The normalized spacial score (nSPS) is 10.5. The number of nitrogens with one attached hydrogen (secondary N) is 1. The van der Waals surface area contributed by atoms with Gasteiger partial charge in [-0.25, -0.2) is 9.78 Å². The topological polar surface area (TPSA) is 94.4 Å².